The number of hydrogen-bond acceptors (Lipinski definition) is 4. The number of primary amides is 1. The molecule has 0 bridgehead atoms. The first kappa shape index (κ1) is 31.3. The van der Waals surface area contributed by atoms with Crippen molar-refractivity contribution in [3.05, 3.63) is 113 Å². The highest BCUT2D eigenvalue weighted by atomic mass is 16.5. The normalized spacial score (nSPS) is 21.8. The highest BCUT2D eigenvalue weighted by molar-refractivity contribution is 5.93. The topological polar surface area (TPSA) is 67.9 Å². The van der Waals surface area contributed by atoms with Crippen LogP contribution < -0.4 is 10.5 Å². The molecule has 2 N–H and O–H groups in total. The molecule has 1 saturated heterocycles. The lowest BCUT2D eigenvalue weighted by molar-refractivity contribution is 0.1000. The molecule has 45 heavy (non-hydrogen) atoms. The Hall–Kier alpha value is -3.70. The number of likely N-dealkylation sites (tertiary alicyclic amines) is 1. The molecule has 0 spiro atoms. The third kappa shape index (κ3) is 7.94. The van der Waals surface area contributed by atoms with E-state index in [1.54, 1.807) is 17.7 Å². The average Bonchev–Trinajstić information content (AvgIpc) is 3.51. The van der Waals surface area contributed by atoms with E-state index in [2.05, 4.69) is 77.9 Å². The standard InChI is InChI=1S/C40H49N3O2/c41-39(44)35-18-10-19-36(28-35)45-27-11-23-40(29-37(32-14-6-2-7-15-32)33-16-8-3-9-17-33)38(20-24-42-40)34-21-25-43(26-22-34)30-31-12-4-1-5-13-31/h1-2,4-7,10,12-15,18-20,24,28,33-34,37H,3,8-9,11,16-17,21-23,25-27,29-30H2,(H2,41,44). The molecular formula is C40H49N3O2. The van der Waals surface area contributed by atoms with Crippen LogP contribution in [0, 0.1) is 11.8 Å². The highest BCUT2D eigenvalue weighted by Gasteiger charge is 2.43. The number of carbonyl (C=O) groups is 1. The molecule has 2 unspecified atom stereocenters. The second kappa shape index (κ2) is 15.1. The van der Waals surface area contributed by atoms with Crippen molar-refractivity contribution in [3.63, 3.8) is 0 Å². The van der Waals surface area contributed by atoms with Gasteiger partial charge in [0.1, 0.15) is 5.75 Å². The van der Waals surface area contributed by atoms with Crippen molar-refractivity contribution >= 4 is 12.1 Å². The Labute approximate surface area is 269 Å². The summed E-state index contributed by atoms with van der Waals surface area (Å²) in [4.78, 5) is 19.7. The largest absolute Gasteiger partial charge is 0.494 e. The molecule has 2 fully saturated rings. The maximum Gasteiger partial charge on any atom is 0.248 e. The summed E-state index contributed by atoms with van der Waals surface area (Å²) in [6.45, 7) is 3.86. The Morgan fingerprint density at radius 2 is 1.64 bits per heavy atom. The van der Waals surface area contributed by atoms with Gasteiger partial charge in [0.15, 0.2) is 0 Å². The molecule has 236 valence electrons. The molecule has 3 aliphatic rings. The Morgan fingerprint density at radius 1 is 0.911 bits per heavy atom. The van der Waals surface area contributed by atoms with Crippen LogP contribution >= 0.6 is 0 Å². The van der Waals surface area contributed by atoms with Crippen LogP contribution in [0.2, 0.25) is 0 Å². The molecule has 3 aromatic carbocycles. The van der Waals surface area contributed by atoms with Crippen molar-refractivity contribution in [2.24, 2.45) is 22.6 Å². The summed E-state index contributed by atoms with van der Waals surface area (Å²) in [5.74, 6) is 2.02. The number of allylic oxidation sites excluding steroid dienone is 1. The van der Waals surface area contributed by atoms with E-state index in [1.165, 1.54) is 56.1 Å². The van der Waals surface area contributed by atoms with E-state index in [9.17, 15) is 4.79 Å². The summed E-state index contributed by atoms with van der Waals surface area (Å²) in [6.07, 6.45) is 16.4. The van der Waals surface area contributed by atoms with E-state index < -0.39 is 5.91 Å². The van der Waals surface area contributed by atoms with Crippen LogP contribution in [0.1, 0.15) is 91.6 Å². The molecule has 0 aromatic heterocycles. The Morgan fingerprint density at radius 3 is 2.38 bits per heavy atom. The number of nitrogens with zero attached hydrogens (tertiary/aromatic N) is 2. The smallest absolute Gasteiger partial charge is 0.248 e. The van der Waals surface area contributed by atoms with Crippen LogP contribution in [0.15, 0.2) is 102 Å². The molecule has 5 nitrogen and oxygen atoms in total. The van der Waals surface area contributed by atoms with Crippen LogP contribution in [-0.4, -0.2) is 42.3 Å². The quantitative estimate of drug-likeness (QED) is 0.200. The number of rotatable bonds is 13. The summed E-state index contributed by atoms with van der Waals surface area (Å²) in [5, 5.41) is 0. The van der Waals surface area contributed by atoms with E-state index in [0.717, 1.165) is 38.9 Å². The van der Waals surface area contributed by atoms with Crippen molar-refractivity contribution in [2.45, 2.75) is 82.2 Å². The van der Waals surface area contributed by atoms with E-state index in [-0.39, 0.29) is 5.54 Å². The first-order chi connectivity index (χ1) is 22.1. The van der Waals surface area contributed by atoms with Crippen LogP contribution in [0.3, 0.4) is 0 Å². The number of hydrogen-bond donors (Lipinski definition) is 1. The van der Waals surface area contributed by atoms with Crippen molar-refractivity contribution in [1.29, 1.82) is 0 Å². The van der Waals surface area contributed by atoms with Crippen LogP contribution in [-0.2, 0) is 6.54 Å². The Balaban J connectivity index is 1.20. The predicted molar refractivity (Wildman–Crippen MR) is 184 cm³/mol. The van der Waals surface area contributed by atoms with Gasteiger partial charge in [0.25, 0.3) is 0 Å². The highest BCUT2D eigenvalue weighted by Crippen LogP contribution is 2.49. The molecule has 6 rings (SSSR count). The number of amides is 1. The number of piperidine rings is 1. The lowest BCUT2D eigenvalue weighted by atomic mass is 9.66. The van der Waals surface area contributed by atoms with Gasteiger partial charge in [0.2, 0.25) is 5.91 Å². The predicted octanol–water partition coefficient (Wildman–Crippen LogP) is 8.36. The van der Waals surface area contributed by atoms with Crippen LogP contribution in [0.4, 0.5) is 0 Å². The Kier molecular flexibility index (Phi) is 10.5. The van der Waals surface area contributed by atoms with E-state index in [1.807, 2.05) is 12.1 Å². The summed E-state index contributed by atoms with van der Waals surface area (Å²) in [5.41, 5.74) is 10.2. The van der Waals surface area contributed by atoms with Crippen LogP contribution in [0.25, 0.3) is 0 Å². The van der Waals surface area contributed by atoms with Gasteiger partial charge in [0.05, 0.1) is 12.1 Å². The third-order valence-corrected chi connectivity index (χ3v) is 10.5. The number of benzene rings is 3. The van der Waals surface area contributed by atoms with Gasteiger partial charge in [-0.1, -0.05) is 86.0 Å². The maximum absolute atomic E-state index is 11.7. The molecule has 2 heterocycles. The Bertz CT molecular complexity index is 1440. The molecule has 5 heteroatoms. The molecule has 1 aliphatic carbocycles. The first-order valence-corrected chi connectivity index (χ1v) is 17.2. The first-order valence-electron chi connectivity index (χ1n) is 17.2. The average molecular weight is 604 g/mol. The minimum atomic E-state index is -0.432. The molecular weight excluding hydrogens is 554 g/mol. The van der Waals surface area contributed by atoms with Gasteiger partial charge in [0, 0.05) is 18.3 Å². The van der Waals surface area contributed by atoms with Gasteiger partial charge in [-0.15, -0.1) is 0 Å². The number of aliphatic imine (C=N–C) groups is 1. The van der Waals surface area contributed by atoms with E-state index >= 15 is 0 Å². The van der Waals surface area contributed by atoms with Gasteiger partial charge in [-0.3, -0.25) is 14.7 Å². The fourth-order valence-corrected chi connectivity index (χ4v) is 8.18. The fraction of sp³-hybridized carbons (Fsp3) is 0.450. The summed E-state index contributed by atoms with van der Waals surface area (Å²) in [6, 6.07) is 29.3. The minimum Gasteiger partial charge on any atom is -0.494 e. The molecule has 2 aliphatic heterocycles. The fourth-order valence-electron chi connectivity index (χ4n) is 8.18. The van der Waals surface area contributed by atoms with Gasteiger partial charge in [-0.2, -0.15) is 0 Å². The van der Waals surface area contributed by atoms with E-state index in [4.69, 9.17) is 15.5 Å². The van der Waals surface area contributed by atoms with Gasteiger partial charge < -0.3 is 10.5 Å². The zero-order chi connectivity index (χ0) is 30.9. The monoisotopic (exact) mass is 603 g/mol. The lowest BCUT2D eigenvalue weighted by Gasteiger charge is -2.42. The lowest BCUT2D eigenvalue weighted by Crippen LogP contribution is -2.40. The van der Waals surface area contributed by atoms with Crippen LogP contribution in [0.5, 0.6) is 5.75 Å². The summed E-state index contributed by atoms with van der Waals surface area (Å²) >= 11 is 0. The van der Waals surface area contributed by atoms with Gasteiger partial charge in [-0.05, 0) is 117 Å². The van der Waals surface area contributed by atoms with Crippen molar-refractivity contribution in [2.75, 3.05) is 19.7 Å². The molecule has 0 radical (unpaired) electrons. The third-order valence-electron chi connectivity index (χ3n) is 10.5. The van der Waals surface area contributed by atoms with Crippen molar-refractivity contribution in [1.82, 2.24) is 4.90 Å². The number of ether oxygens (including phenoxy) is 1. The second-order valence-corrected chi connectivity index (χ2v) is 13.4. The van der Waals surface area contributed by atoms with Crippen molar-refractivity contribution < 1.29 is 9.53 Å². The zero-order valence-electron chi connectivity index (χ0n) is 26.7. The SMILES string of the molecule is NC(=O)c1cccc(OCCCC2(CC(c3ccccc3)C3CCCCC3)N=CC=C2C2CCN(Cc3ccccc3)CC2)c1. The second-order valence-electron chi connectivity index (χ2n) is 13.4. The summed E-state index contributed by atoms with van der Waals surface area (Å²) < 4.78 is 6.17. The summed E-state index contributed by atoms with van der Waals surface area (Å²) in [7, 11) is 0. The van der Waals surface area contributed by atoms with Gasteiger partial charge >= 0.3 is 0 Å². The maximum atomic E-state index is 11.7. The number of nitrogens with two attached hydrogens (primary N) is 1. The van der Waals surface area contributed by atoms with Crippen molar-refractivity contribution in [3.8, 4) is 5.75 Å². The molecule has 1 saturated carbocycles. The molecule has 3 aromatic rings. The number of carbonyl (C=O) groups excluding carboxylic acids is 1. The molecule has 1 amide bonds. The zero-order valence-corrected chi connectivity index (χ0v) is 26.7. The van der Waals surface area contributed by atoms with E-state index in [0.29, 0.717) is 35.7 Å². The van der Waals surface area contributed by atoms with Gasteiger partial charge in [-0.25, -0.2) is 0 Å². The minimum absolute atomic E-state index is 0.206. The molecule has 2 atom stereocenters.